The Morgan fingerprint density at radius 1 is 1.16 bits per heavy atom. The molecule has 1 aromatic carbocycles. The normalized spacial score (nSPS) is 24.1. The van der Waals surface area contributed by atoms with Crippen LogP contribution in [0, 0.1) is 5.92 Å². The van der Waals surface area contributed by atoms with Crippen LogP contribution < -0.4 is 0 Å². The summed E-state index contributed by atoms with van der Waals surface area (Å²) >= 11 is 0. The van der Waals surface area contributed by atoms with Gasteiger partial charge in [-0.05, 0) is 86.1 Å². The number of hydrogen-bond donors (Lipinski definition) is 1. The first-order chi connectivity index (χ1) is 15.3. The zero-order chi connectivity index (χ0) is 22.5. The topological polar surface area (TPSA) is 89.3 Å². The largest absolute Gasteiger partial charge is 0.393 e. The molecule has 0 bridgehead atoms. The van der Waals surface area contributed by atoms with Crippen LogP contribution >= 0.6 is 0 Å². The van der Waals surface area contributed by atoms with Crippen molar-refractivity contribution in [1.82, 2.24) is 9.78 Å². The van der Waals surface area contributed by atoms with E-state index in [1.807, 2.05) is 31.5 Å². The number of benzene rings is 1. The van der Waals surface area contributed by atoms with Crippen molar-refractivity contribution in [2.75, 3.05) is 0 Å². The molecule has 0 unspecified atom stereocenters. The quantitative estimate of drug-likeness (QED) is 0.616. The molecule has 1 N–H and O–H groups in total. The van der Waals surface area contributed by atoms with Crippen LogP contribution in [0.1, 0.15) is 67.7 Å². The molecule has 2 aromatic rings. The fourth-order valence-corrected chi connectivity index (χ4v) is 6.72. The van der Waals surface area contributed by atoms with Crippen molar-refractivity contribution in [3.05, 3.63) is 53.4 Å². The lowest BCUT2D eigenvalue weighted by molar-refractivity contribution is -0.113. The van der Waals surface area contributed by atoms with Crippen LogP contribution in [0.2, 0.25) is 0 Å². The molecule has 0 aliphatic heterocycles. The van der Waals surface area contributed by atoms with E-state index in [2.05, 4.69) is 5.10 Å². The minimum Gasteiger partial charge on any atom is -0.393 e. The highest BCUT2D eigenvalue weighted by Gasteiger charge is 2.40. The molecule has 5 rings (SSSR count). The number of carbonyl (C=O) groups is 1. The van der Waals surface area contributed by atoms with Crippen molar-refractivity contribution >= 4 is 21.2 Å². The summed E-state index contributed by atoms with van der Waals surface area (Å²) in [7, 11) is -1.46. The Morgan fingerprint density at radius 3 is 2.53 bits per heavy atom. The zero-order valence-electron chi connectivity index (χ0n) is 18.4. The average Bonchev–Trinajstić information content (AvgIpc) is 3.68. The van der Waals surface area contributed by atoms with Crippen molar-refractivity contribution in [3.8, 4) is 0 Å². The summed E-state index contributed by atoms with van der Waals surface area (Å²) in [6, 6.07) is 7.31. The van der Waals surface area contributed by atoms with Crippen LogP contribution in [0.15, 0.2) is 41.4 Å². The number of carbonyl (C=O) groups excluding carboxylic acids is 1. The predicted molar refractivity (Wildman–Crippen MR) is 122 cm³/mol. The Morgan fingerprint density at radius 2 is 1.94 bits per heavy atom. The molecule has 32 heavy (non-hydrogen) atoms. The van der Waals surface area contributed by atoms with Crippen molar-refractivity contribution in [3.63, 3.8) is 0 Å². The summed E-state index contributed by atoms with van der Waals surface area (Å²) in [5, 5.41) is 14.1. The maximum Gasteiger partial charge on any atom is 0.181 e. The van der Waals surface area contributed by atoms with Gasteiger partial charge in [0, 0.05) is 18.8 Å². The summed E-state index contributed by atoms with van der Waals surface area (Å²) in [6.07, 6.45) is 9.42. The Balaban J connectivity index is 1.52. The van der Waals surface area contributed by atoms with E-state index in [9.17, 15) is 18.3 Å². The van der Waals surface area contributed by atoms with Crippen molar-refractivity contribution in [2.24, 2.45) is 13.0 Å². The molecular formula is C25H30N2O4S. The molecule has 2 atom stereocenters. The first-order valence-corrected chi connectivity index (χ1v) is 13.2. The number of hydrogen-bond acceptors (Lipinski definition) is 5. The van der Waals surface area contributed by atoms with E-state index >= 15 is 0 Å². The summed E-state index contributed by atoms with van der Waals surface area (Å²) in [4.78, 5) is 13.8. The molecule has 1 heterocycles. The second-order valence-electron chi connectivity index (χ2n) is 9.66. The highest BCUT2D eigenvalue weighted by molar-refractivity contribution is 7.92. The van der Waals surface area contributed by atoms with Crippen molar-refractivity contribution in [1.29, 1.82) is 0 Å². The Labute approximate surface area is 189 Å². The van der Waals surface area contributed by atoms with Crippen molar-refractivity contribution in [2.45, 2.75) is 73.5 Å². The first kappa shape index (κ1) is 21.6. The number of Topliss-reactive ketones (excluding diaryl/α,β-unsaturated/α-hetero) is 1. The zero-order valence-corrected chi connectivity index (χ0v) is 19.2. The third kappa shape index (κ3) is 4.46. The minimum absolute atomic E-state index is 0.0235. The molecule has 3 aliphatic rings. The lowest BCUT2D eigenvalue weighted by atomic mass is 9.92. The molecule has 3 fully saturated rings. The summed E-state index contributed by atoms with van der Waals surface area (Å²) < 4.78 is 27.7. The lowest BCUT2D eigenvalue weighted by Crippen LogP contribution is -2.12. The van der Waals surface area contributed by atoms with E-state index in [0.717, 1.165) is 49.7 Å². The van der Waals surface area contributed by atoms with Gasteiger partial charge >= 0.3 is 0 Å². The van der Waals surface area contributed by atoms with Gasteiger partial charge in [-0.1, -0.05) is 12.1 Å². The number of aromatic nitrogens is 2. The van der Waals surface area contributed by atoms with E-state index in [1.54, 1.807) is 16.8 Å². The maximum atomic E-state index is 13.4. The van der Waals surface area contributed by atoms with Crippen LogP contribution in [0.5, 0.6) is 0 Å². The van der Waals surface area contributed by atoms with Gasteiger partial charge in [0.15, 0.2) is 15.6 Å². The molecule has 170 valence electrons. The number of rotatable bonds is 8. The number of aliphatic hydroxyl groups is 1. The lowest BCUT2D eigenvalue weighted by Gasteiger charge is -2.15. The third-order valence-corrected chi connectivity index (χ3v) is 9.20. The van der Waals surface area contributed by atoms with Crippen LogP contribution in [-0.2, 0) is 28.1 Å². The first-order valence-electron chi connectivity index (χ1n) is 11.6. The smallest absolute Gasteiger partial charge is 0.181 e. The highest BCUT2D eigenvalue weighted by atomic mass is 32.2. The van der Waals surface area contributed by atoms with Crippen LogP contribution in [-0.4, -0.2) is 40.4 Å². The van der Waals surface area contributed by atoms with E-state index < -0.39 is 9.84 Å². The number of nitrogens with zero attached hydrogens (tertiary/aromatic N) is 2. The third-order valence-electron chi connectivity index (χ3n) is 6.87. The van der Waals surface area contributed by atoms with Gasteiger partial charge in [0.05, 0.1) is 28.4 Å². The molecule has 1 aromatic heterocycles. The van der Waals surface area contributed by atoms with Gasteiger partial charge in [0.2, 0.25) is 0 Å². The van der Waals surface area contributed by atoms with Gasteiger partial charge in [-0.3, -0.25) is 9.48 Å². The fourth-order valence-electron chi connectivity index (χ4n) is 4.79. The molecule has 0 spiro atoms. The second kappa shape index (κ2) is 8.27. The van der Waals surface area contributed by atoms with Gasteiger partial charge in [-0.25, -0.2) is 8.42 Å². The second-order valence-corrected chi connectivity index (χ2v) is 11.9. The minimum atomic E-state index is -3.29. The number of aryl methyl sites for hydroxylation is 1. The molecule has 0 saturated heterocycles. The van der Waals surface area contributed by atoms with Crippen LogP contribution in [0.25, 0.3) is 5.57 Å². The summed E-state index contributed by atoms with van der Waals surface area (Å²) in [5.41, 5.74) is 2.98. The molecule has 3 aliphatic carbocycles. The number of allylic oxidation sites excluding steroid dienone is 2. The number of ketones is 1. The Kier molecular flexibility index (Phi) is 5.58. The van der Waals surface area contributed by atoms with E-state index in [0.29, 0.717) is 22.6 Å². The molecule has 7 heteroatoms. The molecule has 6 nitrogen and oxygen atoms in total. The number of aliphatic hydroxyl groups excluding tert-OH is 1. The Hall–Kier alpha value is -2.25. The summed E-state index contributed by atoms with van der Waals surface area (Å²) in [5.74, 6) is 0.385. The summed E-state index contributed by atoms with van der Waals surface area (Å²) in [6.45, 7) is 0. The highest BCUT2D eigenvalue weighted by Crippen LogP contribution is 2.46. The van der Waals surface area contributed by atoms with Gasteiger partial charge in [-0.15, -0.1) is 0 Å². The van der Waals surface area contributed by atoms with E-state index in [1.165, 1.54) is 0 Å². The van der Waals surface area contributed by atoms with Crippen LogP contribution in [0.4, 0.5) is 0 Å². The standard InChI is InChI=1S/C25H30N2O4S/c1-27-11-10-19(26-27)15-24(29)22(13-16-2-6-20(28)12-16)18-5-9-25(23(14-18)17-3-4-17)32(30,31)21-7-8-21/h5,9-11,13-14,16-17,20-21,28H,2-4,6-8,12,15H2,1H3/b22-13+/t16-,20-/m0/s1. The number of sulfone groups is 1. The van der Waals surface area contributed by atoms with Gasteiger partial charge in [-0.2, -0.15) is 5.10 Å². The Bertz CT molecular complexity index is 1170. The van der Waals surface area contributed by atoms with Crippen LogP contribution in [0.3, 0.4) is 0 Å². The van der Waals surface area contributed by atoms with Crippen molar-refractivity contribution < 1.29 is 18.3 Å². The molecule has 3 saturated carbocycles. The maximum absolute atomic E-state index is 13.4. The van der Waals surface area contributed by atoms with Gasteiger partial charge in [0.25, 0.3) is 0 Å². The molecular weight excluding hydrogens is 424 g/mol. The van der Waals surface area contributed by atoms with E-state index in [-0.39, 0.29) is 35.4 Å². The SMILES string of the molecule is Cn1ccc(CC(=O)/C(=C/[C@H]2CC[C@H](O)C2)c2ccc(S(=O)(=O)C3CC3)c(C3CC3)c2)n1. The fraction of sp³-hybridized carbons (Fsp3) is 0.520. The molecule has 0 radical (unpaired) electrons. The average molecular weight is 455 g/mol. The van der Waals surface area contributed by atoms with Gasteiger partial charge < -0.3 is 5.11 Å². The van der Waals surface area contributed by atoms with Gasteiger partial charge in [0.1, 0.15) is 0 Å². The predicted octanol–water partition coefficient (Wildman–Crippen LogP) is 3.59. The van der Waals surface area contributed by atoms with E-state index in [4.69, 9.17) is 0 Å². The monoisotopic (exact) mass is 454 g/mol. The molecule has 0 amide bonds.